The highest BCUT2D eigenvalue weighted by atomic mass is 16.4. The molecule has 0 bridgehead atoms. The van der Waals surface area contributed by atoms with Crippen molar-refractivity contribution < 1.29 is 14.7 Å². The zero-order valence-electron chi connectivity index (χ0n) is 12.1. The molecule has 0 spiro atoms. The maximum atomic E-state index is 12.0. The second-order valence-corrected chi connectivity index (χ2v) is 5.90. The Bertz CT molecular complexity index is 452. The largest absolute Gasteiger partial charge is 0.481 e. The molecule has 0 amide bonds. The van der Waals surface area contributed by atoms with Gasteiger partial charge in [0.05, 0.1) is 5.92 Å². The highest BCUT2D eigenvalue weighted by Gasteiger charge is 2.20. The van der Waals surface area contributed by atoms with E-state index in [4.69, 9.17) is 5.11 Å². The molecule has 0 aliphatic carbocycles. The molecule has 0 saturated heterocycles. The van der Waals surface area contributed by atoms with E-state index in [1.165, 1.54) is 0 Å². The van der Waals surface area contributed by atoms with Crippen LogP contribution in [0.3, 0.4) is 0 Å². The molecule has 19 heavy (non-hydrogen) atoms. The number of benzene rings is 1. The lowest BCUT2D eigenvalue weighted by Gasteiger charge is -2.19. The lowest BCUT2D eigenvalue weighted by atomic mass is 9.86. The van der Waals surface area contributed by atoms with Crippen molar-refractivity contribution in [2.45, 2.75) is 46.0 Å². The van der Waals surface area contributed by atoms with Crippen molar-refractivity contribution >= 4 is 11.8 Å². The molecule has 0 fully saturated rings. The number of hydrogen-bond donors (Lipinski definition) is 1. The number of carbonyl (C=O) groups excluding carboxylic acids is 1. The quantitative estimate of drug-likeness (QED) is 0.824. The Hall–Kier alpha value is -1.64. The van der Waals surface area contributed by atoms with E-state index in [1.54, 1.807) is 19.1 Å². The van der Waals surface area contributed by atoms with Gasteiger partial charge in [0.25, 0.3) is 0 Å². The van der Waals surface area contributed by atoms with E-state index >= 15 is 0 Å². The van der Waals surface area contributed by atoms with Crippen molar-refractivity contribution in [3.63, 3.8) is 0 Å². The second kappa shape index (κ2) is 6.00. The van der Waals surface area contributed by atoms with Gasteiger partial charge in [-0.1, -0.05) is 52.0 Å². The number of carboxylic acids is 1. The van der Waals surface area contributed by atoms with E-state index < -0.39 is 11.9 Å². The summed E-state index contributed by atoms with van der Waals surface area (Å²) in [6, 6.07) is 7.46. The Morgan fingerprint density at radius 3 is 2.05 bits per heavy atom. The summed E-state index contributed by atoms with van der Waals surface area (Å²) in [4.78, 5) is 22.9. The summed E-state index contributed by atoms with van der Waals surface area (Å²) in [5, 5.41) is 8.97. The van der Waals surface area contributed by atoms with Gasteiger partial charge in [0, 0.05) is 12.0 Å². The van der Waals surface area contributed by atoms with Crippen molar-refractivity contribution in [2.75, 3.05) is 0 Å². The predicted octanol–water partition coefficient (Wildman–Crippen LogP) is 3.67. The number of hydrogen-bond acceptors (Lipinski definition) is 2. The molecule has 0 heterocycles. The molecule has 1 aromatic carbocycles. The number of Topliss-reactive ketones (excluding diaryl/α,β-unsaturated/α-hetero) is 1. The molecule has 104 valence electrons. The summed E-state index contributed by atoms with van der Waals surface area (Å²) in [6.45, 7) is 8.12. The first-order valence-electron chi connectivity index (χ1n) is 6.62. The van der Waals surface area contributed by atoms with Crippen molar-refractivity contribution in [2.24, 2.45) is 5.92 Å². The monoisotopic (exact) mass is 262 g/mol. The first-order valence-corrected chi connectivity index (χ1v) is 6.62. The van der Waals surface area contributed by atoms with Gasteiger partial charge in [0.15, 0.2) is 5.78 Å². The molecule has 0 radical (unpaired) electrons. The Kier molecular flexibility index (Phi) is 4.87. The van der Waals surface area contributed by atoms with E-state index in [2.05, 4.69) is 20.8 Å². The molecule has 3 heteroatoms. The van der Waals surface area contributed by atoms with Crippen molar-refractivity contribution in [1.82, 2.24) is 0 Å². The molecule has 1 unspecified atom stereocenters. The summed E-state index contributed by atoms with van der Waals surface area (Å²) in [5.41, 5.74) is 1.80. The average Bonchev–Trinajstić information content (AvgIpc) is 2.34. The van der Waals surface area contributed by atoms with Gasteiger partial charge in [-0.15, -0.1) is 0 Å². The van der Waals surface area contributed by atoms with E-state index in [-0.39, 0.29) is 17.6 Å². The molecule has 0 aliphatic rings. The number of aliphatic carboxylic acids is 1. The molecular formula is C16H22O3. The Labute approximate surface area is 114 Å². The molecule has 0 aliphatic heterocycles. The van der Waals surface area contributed by atoms with Gasteiger partial charge >= 0.3 is 5.97 Å². The van der Waals surface area contributed by atoms with Crippen LogP contribution in [-0.2, 0) is 10.2 Å². The summed E-state index contributed by atoms with van der Waals surface area (Å²) in [5.74, 6) is -1.59. The van der Waals surface area contributed by atoms with Gasteiger partial charge in [-0.3, -0.25) is 9.59 Å². The lowest BCUT2D eigenvalue weighted by Crippen LogP contribution is -2.17. The third kappa shape index (κ3) is 4.19. The zero-order chi connectivity index (χ0) is 14.6. The molecule has 3 nitrogen and oxygen atoms in total. The Balaban J connectivity index is 2.81. The highest BCUT2D eigenvalue weighted by Crippen LogP contribution is 2.23. The smallest absolute Gasteiger partial charge is 0.306 e. The van der Waals surface area contributed by atoms with Gasteiger partial charge in [0.2, 0.25) is 0 Å². The van der Waals surface area contributed by atoms with Gasteiger partial charge in [-0.2, -0.15) is 0 Å². The topological polar surface area (TPSA) is 54.4 Å². The van der Waals surface area contributed by atoms with E-state index in [0.29, 0.717) is 12.0 Å². The summed E-state index contributed by atoms with van der Waals surface area (Å²) in [6.07, 6.45) is 0.543. The van der Waals surface area contributed by atoms with Gasteiger partial charge in [0.1, 0.15) is 0 Å². The molecule has 0 aromatic heterocycles. The molecule has 1 atom stereocenters. The number of carbonyl (C=O) groups is 2. The van der Waals surface area contributed by atoms with Gasteiger partial charge in [-0.05, 0) is 17.4 Å². The summed E-state index contributed by atoms with van der Waals surface area (Å²) in [7, 11) is 0. The average molecular weight is 262 g/mol. The number of carboxylic acid groups (broad SMARTS) is 1. The lowest BCUT2D eigenvalue weighted by molar-refractivity contribution is -0.141. The van der Waals surface area contributed by atoms with Crippen LogP contribution in [0.2, 0.25) is 0 Å². The fraction of sp³-hybridized carbons (Fsp3) is 0.500. The minimum absolute atomic E-state index is 0.0502. The maximum Gasteiger partial charge on any atom is 0.306 e. The third-order valence-electron chi connectivity index (χ3n) is 3.35. The van der Waals surface area contributed by atoms with Crippen LogP contribution in [0.4, 0.5) is 0 Å². The van der Waals surface area contributed by atoms with Crippen molar-refractivity contribution in [1.29, 1.82) is 0 Å². The zero-order valence-corrected chi connectivity index (χ0v) is 12.1. The SMILES string of the molecule is CCC(CC(=O)c1ccc(C(C)(C)C)cc1)C(=O)O. The molecular weight excluding hydrogens is 240 g/mol. The number of rotatable bonds is 5. The Morgan fingerprint density at radius 1 is 1.16 bits per heavy atom. The van der Waals surface area contributed by atoms with Crippen LogP contribution in [-0.4, -0.2) is 16.9 Å². The molecule has 1 N–H and O–H groups in total. The fourth-order valence-corrected chi connectivity index (χ4v) is 1.90. The summed E-state index contributed by atoms with van der Waals surface area (Å²) >= 11 is 0. The van der Waals surface area contributed by atoms with Crippen LogP contribution < -0.4 is 0 Å². The highest BCUT2D eigenvalue weighted by molar-refractivity contribution is 5.98. The molecule has 1 rings (SSSR count). The minimum Gasteiger partial charge on any atom is -0.481 e. The standard InChI is InChI=1S/C16H22O3/c1-5-11(15(18)19)10-14(17)12-6-8-13(9-7-12)16(2,3)4/h6-9,11H,5,10H2,1-4H3,(H,18,19). The second-order valence-electron chi connectivity index (χ2n) is 5.90. The normalized spacial score (nSPS) is 13.1. The minimum atomic E-state index is -0.901. The first kappa shape index (κ1) is 15.4. The first-order chi connectivity index (χ1) is 8.75. The van der Waals surface area contributed by atoms with Crippen LogP contribution in [0.1, 0.15) is 56.5 Å². The van der Waals surface area contributed by atoms with E-state index in [1.807, 2.05) is 12.1 Å². The van der Waals surface area contributed by atoms with Crippen LogP contribution in [0.15, 0.2) is 24.3 Å². The number of ketones is 1. The van der Waals surface area contributed by atoms with Crippen LogP contribution >= 0.6 is 0 Å². The molecule has 0 saturated carbocycles. The van der Waals surface area contributed by atoms with Crippen molar-refractivity contribution in [3.8, 4) is 0 Å². The maximum absolute atomic E-state index is 12.0. The van der Waals surface area contributed by atoms with Crippen LogP contribution in [0.25, 0.3) is 0 Å². The summed E-state index contributed by atoms with van der Waals surface area (Å²) < 4.78 is 0. The van der Waals surface area contributed by atoms with Gasteiger partial charge in [-0.25, -0.2) is 0 Å². The third-order valence-corrected chi connectivity index (χ3v) is 3.35. The fourth-order valence-electron chi connectivity index (χ4n) is 1.90. The van der Waals surface area contributed by atoms with E-state index in [0.717, 1.165) is 5.56 Å². The van der Waals surface area contributed by atoms with Crippen LogP contribution in [0.5, 0.6) is 0 Å². The molecule has 1 aromatic rings. The van der Waals surface area contributed by atoms with Gasteiger partial charge < -0.3 is 5.11 Å². The van der Waals surface area contributed by atoms with E-state index in [9.17, 15) is 9.59 Å². The predicted molar refractivity (Wildman–Crippen MR) is 75.5 cm³/mol. The van der Waals surface area contributed by atoms with Crippen LogP contribution in [0, 0.1) is 5.92 Å². The Morgan fingerprint density at radius 2 is 1.68 bits per heavy atom. The van der Waals surface area contributed by atoms with Crippen molar-refractivity contribution in [3.05, 3.63) is 35.4 Å².